The van der Waals surface area contributed by atoms with Crippen LogP contribution >= 0.6 is 46.0 Å². The third kappa shape index (κ3) is 4.66. The van der Waals surface area contributed by atoms with Crippen molar-refractivity contribution in [3.05, 3.63) is 83.0 Å². The first kappa shape index (κ1) is 24.9. The topological polar surface area (TPSA) is 68.6 Å². The Morgan fingerprint density at radius 3 is 2.86 bits per heavy atom. The van der Waals surface area contributed by atoms with E-state index in [9.17, 15) is 9.59 Å². The standard InChI is InChI=1S/C25H23ClN3O4S3/c1-4-29-21(36-22(23(29)30)24-27(3)17-8-6-15(26)12-19(17)35-24)13-20-28(10-11-34-20)14-16-7-9-18(33-16)25(31)32-5-2/h6-13H,4-5,14H2,1-3H3/q+1/b24-22+. The average molecular weight is 561 g/mol. The summed E-state index contributed by atoms with van der Waals surface area (Å²) in [7, 11) is 1.97. The second-order valence-electron chi connectivity index (χ2n) is 7.90. The summed E-state index contributed by atoms with van der Waals surface area (Å²) in [4.78, 5) is 28.4. The van der Waals surface area contributed by atoms with Gasteiger partial charge in [0.25, 0.3) is 10.6 Å². The number of fused-ring (bicyclic) bond motifs is 1. The zero-order valence-electron chi connectivity index (χ0n) is 19.8. The number of hydrogen-bond donors (Lipinski definition) is 0. The molecule has 11 heteroatoms. The van der Waals surface area contributed by atoms with E-state index in [1.165, 1.54) is 11.3 Å². The highest BCUT2D eigenvalue weighted by Gasteiger charge is 2.25. The molecule has 0 unspecified atom stereocenters. The number of furan rings is 1. The first-order valence-electron chi connectivity index (χ1n) is 11.3. The lowest BCUT2D eigenvalue weighted by Crippen LogP contribution is -2.36. The fourth-order valence-corrected chi connectivity index (χ4v) is 7.50. The van der Waals surface area contributed by atoms with E-state index in [0.29, 0.717) is 35.0 Å². The minimum absolute atomic E-state index is 0.00442. The summed E-state index contributed by atoms with van der Waals surface area (Å²) in [5.41, 5.74) is 1.03. The molecule has 1 aliphatic rings. The molecule has 0 amide bonds. The number of hydrogen-bond acceptors (Lipinski definition) is 8. The minimum atomic E-state index is -0.472. The summed E-state index contributed by atoms with van der Waals surface area (Å²) in [5, 5.41) is 4.53. The van der Waals surface area contributed by atoms with Crippen molar-refractivity contribution in [1.82, 2.24) is 4.57 Å². The molecule has 1 aliphatic heterocycles. The molecule has 0 N–H and O–H groups in total. The van der Waals surface area contributed by atoms with Crippen LogP contribution in [0.15, 0.2) is 56.0 Å². The number of halogens is 1. The van der Waals surface area contributed by atoms with Crippen LogP contribution in [0.4, 0.5) is 5.69 Å². The number of thiazole rings is 2. The van der Waals surface area contributed by atoms with E-state index in [2.05, 4.69) is 4.90 Å². The molecule has 5 rings (SSSR count). The molecular formula is C25H23ClN3O4S3+. The van der Waals surface area contributed by atoms with E-state index in [-0.39, 0.29) is 11.3 Å². The number of carbonyl (C=O) groups excluding carboxylic acids is 1. The highest BCUT2D eigenvalue weighted by atomic mass is 35.5. The smallest absolute Gasteiger partial charge is 0.374 e. The van der Waals surface area contributed by atoms with Gasteiger partial charge in [-0.2, -0.15) is 4.57 Å². The molecule has 4 aromatic rings. The number of benzene rings is 1. The summed E-state index contributed by atoms with van der Waals surface area (Å²) in [5.74, 6) is 0.362. The third-order valence-electron chi connectivity index (χ3n) is 5.64. The molecule has 0 spiro atoms. The van der Waals surface area contributed by atoms with Crippen molar-refractivity contribution in [2.45, 2.75) is 31.8 Å². The van der Waals surface area contributed by atoms with Gasteiger partial charge in [0.05, 0.1) is 23.8 Å². The quantitative estimate of drug-likeness (QED) is 0.263. The second kappa shape index (κ2) is 10.3. The Morgan fingerprint density at radius 1 is 1.25 bits per heavy atom. The molecule has 0 radical (unpaired) electrons. The average Bonchev–Trinajstić information content (AvgIpc) is 3.62. The first-order chi connectivity index (χ1) is 17.4. The first-order valence-corrected chi connectivity index (χ1v) is 14.2. The van der Waals surface area contributed by atoms with Crippen LogP contribution in [-0.2, 0) is 17.8 Å². The Morgan fingerprint density at radius 2 is 2.08 bits per heavy atom. The van der Waals surface area contributed by atoms with Gasteiger partial charge in [-0.1, -0.05) is 34.7 Å². The van der Waals surface area contributed by atoms with Gasteiger partial charge in [-0.05, 0) is 44.2 Å². The van der Waals surface area contributed by atoms with Crippen LogP contribution in [0.25, 0.3) is 11.1 Å². The van der Waals surface area contributed by atoms with Crippen molar-refractivity contribution in [3.8, 4) is 0 Å². The SMILES string of the molecule is CCOC(=O)c1ccc(C[n+]2ccsc2/C=c2\s/c(=C3/Sc4cc(Cl)ccc4N3C)c(=O)n2CC)o1. The second-order valence-corrected chi connectivity index (χ2v) is 11.3. The van der Waals surface area contributed by atoms with Crippen molar-refractivity contribution in [2.24, 2.45) is 0 Å². The van der Waals surface area contributed by atoms with E-state index < -0.39 is 5.97 Å². The minimum Gasteiger partial charge on any atom is -0.460 e. The fourth-order valence-electron chi connectivity index (χ4n) is 3.91. The largest absolute Gasteiger partial charge is 0.460 e. The van der Waals surface area contributed by atoms with Gasteiger partial charge in [0.15, 0.2) is 12.0 Å². The summed E-state index contributed by atoms with van der Waals surface area (Å²) < 4.78 is 16.1. The van der Waals surface area contributed by atoms with Gasteiger partial charge in [-0.15, -0.1) is 11.3 Å². The Bertz CT molecular complexity index is 1630. The number of carbonyl (C=O) groups is 1. The molecule has 4 heterocycles. The van der Waals surface area contributed by atoms with Gasteiger partial charge >= 0.3 is 5.97 Å². The molecule has 0 bridgehead atoms. The number of rotatable bonds is 6. The van der Waals surface area contributed by atoms with Crippen molar-refractivity contribution in [1.29, 1.82) is 0 Å². The van der Waals surface area contributed by atoms with E-state index in [1.807, 2.05) is 54.4 Å². The van der Waals surface area contributed by atoms with Crippen molar-refractivity contribution in [2.75, 3.05) is 18.6 Å². The number of nitrogens with zero attached hydrogens (tertiary/aromatic N) is 3. The Hall–Kier alpha value is -2.79. The van der Waals surface area contributed by atoms with Crippen LogP contribution in [-0.4, -0.2) is 24.2 Å². The van der Waals surface area contributed by atoms with Crippen LogP contribution in [0, 0.1) is 0 Å². The lowest BCUT2D eigenvalue weighted by Gasteiger charge is -2.12. The number of anilines is 1. The van der Waals surface area contributed by atoms with Gasteiger partial charge in [-0.3, -0.25) is 9.36 Å². The van der Waals surface area contributed by atoms with Crippen molar-refractivity contribution >= 4 is 68.8 Å². The van der Waals surface area contributed by atoms with Crippen LogP contribution < -0.4 is 24.2 Å². The number of thioether (sulfide) groups is 1. The van der Waals surface area contributed by atoms with Gasteiger partial charge in [0.1, 0.15) is 14.2 Å². The monoisotopic (exact) mass is 560 g/mol. The van der Waals surface area contributed by atoms with Gasteiger partial charge in [0, 0.05) is 23.5 Å². The predicted octanol–water partition coefficient (Wildman–Crippen LogP) is 3.89. The zero-order valence-corrected chi connectivity index (χ0v) is 23.0. The van der Waals surface area contributed by atoms with Gasteiger partial charge < -0.3 is 14.1 Å². The fraction of sp³-hybridized carbons (Fsp3) is 0.240. The number of esters is 1. The normalized spacial score (nSPS) is 15.0. The molecule has 0 fully saturated rings. The van der Waals surface area contributed by atoms with Gasteiger partial charge in [0.2, 0.25) is 12.3 Å². The van der Waals surface area contributed by atoms with E-state index in [1.54, 1.807) is 46.7 Å². The third-order valence-corrected chi connectivity index (χ3v) is 9.19. The zero-order chi connectivity index (χ0) is 25.4. The molecule has 36 heavy (non-hydrogen) atoms. The molecule has 7 nitrogen and oxygen atoms in total. The molecular weight excluding hydrogens is 538 g/mol. The van der Waals surface area contributed by atoms with Crippen LogP contribution in [0.5, 0.6) is 0 Å². The molecule has 0 aliphatic carbocycles. The summed E-state index contributed by atoms with van der Waals surface area (Å²) in [6.45, 7) is 5.04. The van der Waals surface area contributed by atoms with Crippen molar-refractivity contribution < 1.29 is 18.5 Å². The highest BCUT2D eigenvalue weighted by molar-refractivity contribution is 8.08. The van der Waals surface area contributed by atoms with E-state index in [0.717, 1.165) is 25.3 Å². The van der Waals surface area contributed by atoms with Crippen molar-refractivity contribution in [3.63, 3.8) is 0 Å². The van der Waals surface area contributed by atoms with Crippen LogP contribution in [0.3, 0.4) is 0 Å². The summed E-state index contributed by atoms with van der Waals surface area (Å²) in [6.07, 6.45) is 3.99. The molecule has 0 atom stereocenters. The molecule has 186 valence electrons. The Kier molecular flexibility index (Phi) is 7.11. The Labute approximate surface area is 224 Å². The predicted molar refractivity (Wildman–Crippen MR) is 144 cm³/mol. The maximum atomic E-state index is 13.4. The van der Waals surface area contributed by atoms with E-state index >= 15 is 0 Å². The lowest BCUT2D eigenvalue weighted by molar-refractivity contribution is -0.686. The molecule has 3 aromatic heterocycles. The van der Waals surface area contributed by atoms with E-state index in [4.69, 9.17) is 20.8 Å². The highest BCUT2D eigenvalue weighted by Crippen LogP contribution is 2.46. The number of ether oxygens (including phenoxy) is 1. The molecule has 0 saturated heterocycles. The van der Waals surface area contributed by atoms with Crippen LogP contribution in [0.2, 0.25) is 5.02 Å². The molecule has 0 saturated carbocycles. The van der Waals surface area contributed by atoms with Gasteiger partial charge in [-0.25, -0.2) is 4.79 Å². The number of aromatic nitrogens is 2. The summed E-state index contributed by atoms with van der Waals surface area (Å²) >= 11 is 10.8. The maximum absolute atomic E-state index is 13.4. The summed E-state index contributed by atoms with van der Waals surface area (Å²) in [6, 6.07) is 9.18. The van der Waals surface area contributed by atoms with Crippen LogP contribution in [0.1, 0.15) is 35.2 Å². The molecule has 1 aromatic carbocycles. The maximum Gasteiger partial charge on any atom is 0.374 e. The Balaban J connectivity index is 1.52. The lowest BCUT2D eigenvalue weighted by atomic mass is 10.3.